The van der Waals surface area contributed by atoms with Crippen molar-refractivity contribution >= 4 is 17.8 Å². The quantitative estimate of drug-likeness (QED) is 0.736. The molecule has 2 rings (SSSR count). The van der Waals surface area contributed by atoms with E-state index < -0.39 is 17.9 Å². The van der Waals surface area contributed by atoms with E-state index in [4.69, 9.17) is 4.74 Å². The summed E-state index contributed by atoms with van der Waals surface area (Å²) in [5, 5.41) is 12.0. The van der Waals surface area contributed by atoms with Gasteiger partial charge in [0.25, 0.3) is 0 Å². The first-order valence-electron chi connectivity index (χ1n) is 7.42. The summed E-state index contributed by atoms with van der Waals surface area (Å²) in [6, 6.07) is -0.410. The minimum atomic E-state index is -0.927. The van der Waals surface area contributed by atoms with Crippen LogP contribution in [0.1, 0.15) is 26.2 Å². The number of ether oxygens (including phenoxy) is 1. The third kappa shape index (κ3) is 3.53. The summed E-state index contributed by atoms with van der Waals surface area (Å²) in [7, 11) is 0. The molecule has 2 aliphatic heterocycles. The van der Waals surface area contributed by atoms with Crippen LogP contribution >= 0.6 is 0 Å². The van der Waals surface area contributed by atoms with Crippen LogP contribution in [0.5, 0.6) is 0 Å². The van der Waals surface area contributed by atoms with E-state index in [0.717, 1.165) is 6.42 Å². The largest absolute Gasteiger partial charge is 0.481 e. The highest BCUT2D eigenvalue weighted by atomic mass is 16.5. The van der Waals surface area contributed by atoms with Crippen molar-refractivity contribution in [1.29, 1.82) is 0 Å². The molecule has 0 aromatic rings. The van der Waals surface area contributed by atoms with Crippen LogP contribution in [-0.2, 0) is 19.1 Å². The molecule has 2 amide bonds. The number of nitrogens with one attached hydrogen (secondary N) is 1. The van der Waals surface area contributed by atoms with E-state index in [1.807, 2.05) is 6.92 Å². The van der Waals surface area contributed by atoms with Gasteiger partial charge in [-0.2, -0.15) is 0 Å². The van der Waals surface area contributed by atoms with Gasteiger partial charge in [-0.25, -0.2) is 0 Å². The first-order valence-corrected chi connectivity index (χ1v) is 7.42. The van der Waals surface area contributed by atoms with Crippen LogP contribution in [0.25, 0.3) is 0 Å². The maximum absolute atomic E-state index is 12.7. The van der Waals surface area contributed by atoms with Crippen LogP contribution in [0.3, 0.4) is 0 Å². The molecule has 0 spiro atoms. The highest BCUT2D eigenvalue weighted by molar-refractivity contribution is 5.84. The zero-order valence-corrected chi connectivity index (χ0v) is 12.2. The molecular formula is C14H22N2O5. The fourth-order valence-electron chi connectivity index (χ4n) is 2.94. The number of carbonyl (C=O) groups is 3. The van der Waals surface area contributed by atoms with E-state index in [0.29, 0.717) is 25.9 Å². The number of nitrogens with zero attached hydrogens (tertiary/aromatic N) is 1. The van der Waals surface area contributed by atoms with Gasteiger partial charge in [0, 0.05) is 19.5 Å². The summed E-state index contributed by atoms with van der Waals surface area (Å²) in [5.41, 5.74) is 0. The Balaban J connectivity index is 2.08. The Bertz CT molecular complexity index is 416. The molecule has 2 heterocycles. The van der Waals surface area contributed by atoms with Crippen molar-refractivity contribution in [3.8, 4) is 0 Å². The van der Waals surface area contributed by atoms with Gasteiger partial charge in [-0.15, -0.1) is 0 Å². The molecule has 3 unspecified atom stereocenters. The van der Waals surface area contributed by atoms with Gasteiger partial charge in [0.15, 0.2) is 0 Å². The Morgan fingerprint density at radius 2 is 2.19 bits per heavy atom. The Labute approximate surface area is 123 Å². The number of carbonyl (C=O) groups excluding carboxylic acids is 2. The second-order valence-electron chi connectivity index (χ2n) is 5.62. The number of rotatable bonds is 5. The Hall–Kier alpha value is -1.63. The number of carboxylic acids is 1. The number of piperidine rings is 1. The van der Waals surface area contributed by atoms with Crippen LogP contribution in [0.4, 0.5) is 0 Å². The fraction of sp³-hybridized carbons (Fsp3) is 0.786. The predicted molar refractivity (Wildman–Crippen MR) is 73.5 cm³/mol. The Morgan fingerprint density at radius 3 is 2.76 bits per heavy atom. The lowest BCUT2D eigenvalue weighted by molar-refractivity contribution is -0.146. The first-order chi connectivity index (χ1) is 10.0. The molecule has 2 saturated heterocycles. The van der Waals surface area contributed by atoms with Crippen molar-refractivity contribution < 1.29 is 24.2 Å². The molecule has 0 aromatic heterocycles. The lowest BCUT2D eigenvalue weighted by Crippen LogP contribution is -2.52. The van der Waals surface area contributed by atoms with Gasteiger partial charge < -0.3 is 20.1 Å². The number of hydrogen-bond acceptors (Lipinski definition) is 4. The van der Waals surface area contributed by atoms with Gasteiger partial charge in [0.1, 0.15) is 5.92 Å². The summed E-state index contributed by atoms with van der Waals surface area (Å²) in [5.74, 6) is -1.96. The number of hydrogen-bond donors (Lipinski definition) is 2. The molecular weight excluding hydrogens is 276 g/mol. The van der Waals surface area contributed by atoms with Crippen LogP contribution in [0.15, 0.2) is 0 Å². The van der Waals surface area contributed by atoms with Gasteiger partial charge in [0.2, 0.25) is 11.8 Å². The molecule has 0 saturated carbocycles. The Kier molecular flexibility index (Phi) is 5.17. The first kappa shape index (κ1) is 15.8. The highest BCUT2D eigenvalue weighted by Crippen LogP contribution is 2.24. The van der Waals surface area contributed by atoms with Crippen molar-refractivity contribution in [2.24, 2.45) is 11.8 Å². The van der Waals surface area contributed by atoms with E-state index >= 15 is 0 Å². The van der Waals surface area contributed by atoms with Crippen molar-refractivity contribution in [2.75, 3.05) is 26.3 Å². The summed E-state index contributed by atoms with van der Waals surface area (Å²) < 4.78 is 5.27. The van der Waals surface area contributed by atoms with E-state index in [1.54, 1.807) is 4.90 Å². The molecule has 0 bridgehead atoms. The normalized spacial score (nSPS) is 29.0. The third-order valence-electron chi connectivity index (χ3n) is 4.13. The lowest BCUT2D eigenvalue weighted by Gasteiger charge is -2.34. The molecule has 0 aromatic carbocycles. The van der Waals surface area contributed by atoms with Gasteiger partial charge in [-0.05, 0) is 12.8 Å². The van der Waals surface area contributed by atoms with Crippen molar-refractivity contribution in [1.82, 2.24) is 10.2 Å². The SMILES string of the molecule is CCCN(C(=O)C1CCC(=O)NC1)C1COCC1C(=O)O. The maximum Gasteiger partial charge on any atom is 0.311 e. The summed E-state index contributed by atoms with van der Waals surface area (Å²) in [4.78, 5) is 36.8. The summed E-state index contributed by atoms with van der Waals surface area (Å²) >= 11 is 0. The molecule has 3 atom stereocenters. The Morgan fingerprint density at radius 1 is 1.43 bits per heavy atom. The van der Waals surface area contributed by atoms with E-state index in [-0.39, 0.29) is 30.9 Å². The van der Waals surface area contributed by atoms with Crippen molar-refractivity contribution in [2.45, 2.75) is 32.2 Å². The molecule has 7 heteroatoms. The molecule has 2 fully saturated rings. The van der Waals surface area contributed by atoms with E-state index in [2.05, 4.69) is 5.32 Å². The average molecular weight is 298 g/mol. The smallest absolute Gasteiger partial charge is 0.311 e. The zero-order valence-electron chi connectivity index (χ0n) is 12.2. The topological polar surface area (TPSA) is 95.9 Å². The zero-order chi connectivity index (χ0) is 15.4. The second kappa shape index (κ2) is 6.89. The van der Waals surface area contributed by atoms with Crippen molar-refractivity contribution in [3.05, 3.63) is 0 Å². The van der Waals surface area contributed by atoms with Crippen LogP contribution in [-0.4, -0.2) is 60.1 Å². The molecule has 21 heavy (non-hydrogen) atoms. The molecule has 0 aliphatic carbocycles. The van der Waals surface area contributed by atoms with Gasteiger partial charge >= 0.3 is 5.97 Å². The fourth-order valence-corrected chi connectivity index (χ4v) is 2.94. The molecule has 2 N–H and O–H groups in total. The van der Waals surface area contributed by atoms with Crippen LogP contribution < -0.4 is 5.32 Å². The molecule has 2 aliphatic rings. The number of carboxylic acid groups (broad SMARTS) is 1. The third-order valence-corrected chi connectivity index (χ3v) is 4.13. The summed E-state index contributed by atoms with van der Waals surface area (Å²) in [6.07, 6.45) is 1.63. The van der Waals surface area contributed by atoms with Gasteiger partial charge in [-0.3, -0.25) is 14.4 Å². The minimum absolute atomic E-state index is 0.0336. The van der Waals surface area contributed by atoms with Crippen LogP contribution in [0.2, 0.25) is 0 Å². The molecule has 0 radical (unpaired) electrons. The predicted octanol–water partition coefficient (Wildman–Crippen LogP) is -0.149. The second-order valence-corrected chi connectivity index (χ2v) is 5.62. The van der Waals surface area contributed by atoms with E-state index in [9.17, 15) is 19.5 Å². The summed E-state index contributed by atoms with van der Waals surface area (Å²) in [6.45, 7) is 3.22. The molecule has 7 nitrogen and oxygen atoms in total. The molecule has 118 valence electrons. The highest BCUT2D eigenvalue weighted by Gasteiger charge is 2.41. The van der Waals surface area contributed by atoms with Crippen molar-refractivity contribution in [3.63, 3.8) is 0 Å². The average Bonchev–Trinajstić information content (AvgIpc) is 2.94. The van der Waals surface area contributed by atoms with Crippen LogP contribution in [0, 0.1) is 11.8 Å². The number of amides is 2. The minimum Gasteiger partial charge on any atom is -0.481 e. The monoisotopic (exact) mass is 298 g/mol. The van der Waals surface area contributed by atoms with Gasteiger partial charge in [0.05, 0.1) is 25.2 Å². The standard InChI is InChI=1S/C14H22N2O5/c1-2-5-16(11-8-21-7-10(11)14(19)20)13(18)9-3-4-12(17)15-6-9/h9-11H,2-8H2,1H3,(H,15,17)(H,19,20). The number of aliphatic carboxylic acids is 1. The van der Waals surface area contributed by atoms with E-state index in [1.165, 1.54) is 0 Å². The maximum atomic E-state index is 12.7. The lowest BCUT2D eigenvalue weighted by atomic mass is 9.94. The van der Waals surface area contributed by atoms with Gasteiger partial charge in [-0.1, -0.05) is 6.92 Å².